The largest absolute Gasteiger partial charge is 0.493 e. The summed E-state index contributed by atoms with van der Waals surface area (Å²) in [5, 5.41) is 10.5. The van der Waals surface area contributed by atoms with Crippen LogP contribution in [0.1, 0.15) is 33.6 Å². The monoisotopic (exact) mass is 767 g/mol. The van der Waals surface area contributed by atoms with Crippen LogP contribution in [-0.4, -0.2) is 151 Å². The zero-order chi connectivity index (χ0) is 39.6. The Morgan fingerprint density at radius 1 is 0.556 bits per heavy atom. The Labute approximate surface area is 324 Å². The molecule has 0 amide bonds. The van der Waals surface area contributed by atoms with Gasteiger partial charge in [-0.2, -0.15) is 0 Å². The lowest BCUT2D eigenvalue weighted by Gasteiger charge is -2.32. The molecule has 0 fully saturated rings. The molecule has 6 unspecified atom stereocenters. The molecule has 310 valence electrons. The molecule has 0 aliphatic carbocycles. The number of likely N-dealkylation sites (N-methyl/N-ethyl adjacent to an activating group) is 2. The normalized spacial score (nSPS) is 15.6. The summed E-state index contributed by atoms with van der Waals surface area (Å²) in [4.78, 5) is 0. The van der Waals surface area contributed by atoms with Gasteiger partial charge in [-0.3, -0.25) is 0 Å². The molecule has 14 heteroatoms. The average Bonchev–Trinajstić information content (AvgIpc) is 3.20. The van der Waals surface area contributed by atoms with Crippen molar-refractivity contribution < 1.29 is 52.1 Å². The van der Waals surface area contributed by atoms with Crippen LogP contribution >= 0.6 is 0 Å². The van der Waals surface area contributed by atoms with Crippen molar-refractivity contribution in [3.05, 3.63) is 48.5 Å². The second-order valence-electron chi connectivity index (χ2n) is 13.0. The first-order valence-electron chi connectivity index (χ1n) is 18.9. The molecule has 0 bridgehead atoms. The maximum Gasteiger partial charge on any atom is 0.160 e. The van der Waals surface area contributed by atoms with Crippen LogP contribution in [0.25, 0.3) is 0 Å². The van der Waals surface area contributed by atoms with Gasteiger partial charge in [-0.25, -0.2) is 0 Å². The van der Waals surface area contributed by atoms with Gasteiger partial charge in [0.05, 0.1) is 32.5 Å². The molecule has 0 saturated heterocycles. The maximum atomic E-state index is 6.58. The highest BCUT2D eigenvalue weighted by Crippen LogP contribution is 2.22. The number of benzene rings is 2. The topological polar surface area (TPSA) is 138 Å². The molecule has 0 aliphatic rings. The van der Waals surface area contributed by atoms with Crippen LogP contribution in [0.5, 0.6) is 23.0 Å². The minimum atomic E-state index is -0.399. The fourth-order valence-electron chi connectivity index (χ4n) is 5.41. The van der Waals surface area contributed by atoms with Crippen molar-refractivity contribution in [1.82, 2.24) is 16.0 Å². The SMILES string of the molecule is CCC(COC(COc1cccc(OCC(COC)OC)c1)COC(CNC(C(C)NC)C(C)NC)COc1cccc(OCCC(OC)OC)c1)OC. The first kappa shape index (κ1) is 47.4. The molecule has 0 radical (unpaired) electrons. The van der Waals surface area contributed by atoms with E-state index in [-0.39, 0.29) is 62.5 Å². The number of methoxy groups -OCH3 is 5. The third-order valence-electron chi connectivity index (χ3n) is 9.15. The van der Waals surface area contributed by atoms with Gasteiger partial charge in [0, 0.05) is 78.8 Å². The maximum absolute atomic E-state index is 6.58. The Balaban J connectivity index is 2.18. The van der Waals surface area contributed by atoms with E-state index in [2.05, 4.69) is 36.7 Å². The lowest BCUT2D eigenvalue weighted by molar-refractivity contribution is -0.110. The molecule has 3 N–H and O–H groups in total. The van der Waals surface area contributed by atoms with E-state index in [9.17, 15) is 0 Å². The molecule has 14 nitrogen and oxygen atoms in total. The van der Waals surface area contributed by atoms with Crippen molar-refractivity contribution in [3.8, 4) is 23.0 Å². The molecule has 0 spiro atoms. The van der Waals surface area contributed by atoms with Crippen molar-refractivity contribution in [2.75, 3.05) is 102 Å². The van der Waals surface area contributed by atoms with Gasteiger partial charge in [0.2, 0.25) is 0 Å². The molecular weight excluding hydrogens is 698 g/mol. The van der Waals surface area contributed by atoms with Crippen LogP contribution in [0.3, 0.4) is 0 Å². The molecule has 6 atom stereocenters. The van der Waals surface area contributed by atoms with E-state index in [1.54, 1.807) is 35.5 Å². The molecule has 2 aromatic rings. The minimum Gasteiger partial charge on any atom is -0.493 e. The molecule has 0 aromatic heterocycles. The van der Waals surface area contributed by atoms with Crippen LogP contribution in [0.2, 0.25) is 0 Å². The molecule has 0 heterocycles. The van der Waals surface area contributed by atoms with Crippen LogP contribution in [0.15, 0.2) is 48.5 Å². The highest BCUT2D eigenvalue weighted by atomic mass is 16.7. The van der Waals surface area contributed by atoms with Crippen molar-refractivity contribution in [1.29, 1.82) is 0 Å². The fraction of sp³-hybridized carbons (Fsp3) is 0.700. The first-order chi connectivity index (χ1) is 26.2. The van der Waals surface area contributed by atoms with Gasteiger partial charge in [-0.05, 0) is 58.6 Å². The second-order valence-corrected chi connectivity index (χ2v) is 13.0. The standard InChI is InChI=1S/C40H69N3O11/c1-11-31(45-7)24-54-38(27-52-35-17-13-16-34(21-35)51-26-37(46-8)23-44-6)28-53-36(22-43-40(29(2)41-4)30(3)42-5)25-50-33-15-12-14-32(20-33)49-19-18-39(47-9)48-10/h12-17,20-21,29-31,36-43H,11,18-19,22-28H2,1-10H3. The summed E-state index contributed by atoms with van der Waals surface area (Å²) in [5.74, 6) is 2.67. The van der Waals surface area contributed by atoms with Gasteiger partial charge >= 0.3 is 0 Å². The van der Waals surface area contributed by atoms with E-state index in [4.69, 9.17) is 52.1 Å². The van der Waals surface area contributed by atoms with Gasteiger partial charge in [0.15, 0.2) is 6.29 Å². The molecular formula is C40H69N3O11. The second kappa shape index (κ2) is 28.6. The lowest BCUT2D eigenvalue weighted by atomic mass is 10.0. The molecule has 54 heavy (non-hydrogen) atoms. The van der Waals surface area contributed by atoms with Gasteiger partial charge in [-0.1, -0.05) is 19.1 Å². The number of hydrogen-bond donors (Lipinski definition) is 3. The van der Waals surface area contributed by atoms with E-state index < -0.39 is 6.10 Å². The smallest absolute Gasteiger partial charge is 0.160 e. The lowest BCUT2D eigenvalue weighted by Crippen LogP contribution is -2.57. The van der Waals surface area contributed by atoms with Gasteiger partial charge in [-0.15, -0.1) is 0 Å². The minimum absolute atomic E-state index is 0.0537. The van der Waals surface area contributed by atoms with Crippen molar-refractivity contribution in [2.24, 2.45) is 0 Å². The number of rotatable bonds is 33. The summed E-state index contributed by atoms with van der Waals surface area (Å²) < 4.78 is 64.1. The van der Waals surface area contributed by atoms with E-state index in [1.807, 2.05) is 62.6 Å². The summed E-state index contributed by atoms with van der Waals surface area (Å²) in [6, 6.07) is 15.6. The highest BCUT2D eigenvalue weighted by Gasteiger charge is 2.24. The van der Waals surface area contributed by atoms with Crippen molar-refractivity contribution >= 4 is 0 Å². The van der Waals surface area contributed by atoms with Crippen LogP contribution < -0.4 is 34.9 Å². The highest BCUT2D eigenvalue weighted by molar-refractivity contribution is 5.33. The van der Waals surface area contributed by atoms with Crippen molar-refractivity contribution in [3.63, 3.8) is 0 Å². The zero-order valence-corrected chi connectivity index (χ0v) is 34.3. The zero-order valence-electron chi connectivity index (χ0n) is 34.3. The number of nitrogens with one attached hydrogen (secondary N) is 3. The Hall–Kier alpha value is -2.76. The van der Waals surface area contributed by atoms with Crippen molar-refractivity contribution in [2.45, 2.75) is 82.4 Å². The summed E-state index contributed by atoms with van der Waals surface area (Å²) in [6.07, 6.45) is 0.117. The predicted molar refractivity (Wildman–Crippen MR) is 209 cm³/mol. The summed E-state index contributed by atoms with van der Waals surface area (Å²) in [5.41, 5.74) is 0. The van der Waals surface area contributed by atoms with E-state index >= 15 is 0 Å². The fourth-order valence-corrected chi connectivity index (χ4v) is 5.41. The predicted octanol–water partition coefficient (Wildman–Crippen LogP) is 3.94. The van der Waals surface area contributed by atoms with Gasteiger partial charge in [0.25, 0.3) is 0 Å². The molecule has 2 rings (SSSR count). The quantitative estimate of drug-likeness (QED) is 0.0905. The Morgan fingerprint density at radius 2 is 1.04 bits per heavy atom. The average molecular weight is 768 g/mol. The molecule has 2 aromatic carbocycles. The summed E-state index contributed by atoms with van der Waals surface area (Å²) >= 11 is 0. The number of ether oxygens (including phenoxy) is 11. The van der Waals surface area contributed by atoms with Crippen LogP contribution in [0.4, 0.5) is 0 Å². The third kappa shape index (κ3) is 18.7. The molecule has 0 aliphatic heterocycles. The number of hydrogen-bond acceptors (Lipinski definition) is 14. The van der Waals surface area contributed by atoms with Gasteiger partial charge in [0.1, 0.15) is 61.1 Å². The van der Waals surface area contributed by atoms with E-state index in [0.29, 0.717) is 62.4 Å². The van der Waals surface area contributed by atoms with Crippen LogP contribution in [-0.2, 0) is 33.2 Å². The Kier molecular flexibility index (Phi) is 25.1. The van der Waals surface area contributed by atoms with E-state index in [0.717, 1.165) is 6.42 Å². The molecule has 0 saturated carbocycles. The third-order valence-corrected chi connectivity index (χ3v) is 9.15. The first-order valence-corrected chi connectivity index (χ1v) is 18.9. The summed E-state index contributed by atoms with van der Waals surface area (Å²) in [6.45, 7) is 9.31. The van der Waals surface area contributed by atoms with Gasteiger partial charge < -0.3 is 68.1 Å². The van der Waals surface area contributed by atoms with Crippen LogP contribution in [0, 0.1) is 0 Å². The Morgan fingerprint density at radius 3 is 1.52 bits per heavy atom. The Bertz CT molecular complexity index is 1200. The summed E-state index contributed by atoms with van der Waals surface area (Å²) in [7, 11) is 12.1. The van der Waals surface area contributed by atoms with E-state index in [1.165, 1.54) is 0 Å².